The molecule has 3 heteroatoms. The molecule has 2 aromatic rings. The van der Waals surface area contributed by atoms with E-state index in [4.69, 9.17) is 0 Å². The Morgan fingerprint density at radius 2 is 1.18 bits per heavy atom. The van der Waals surface area contributed by atoms with Crippen molar-refractivity contribution >= 4 is 12.0 Å². The Hall–Kier alpha value is -2.55. The third-order valence-electron chi connectivity index (χ3n) is 10.1. The first-order valence-electron chi connectivity index (χ1n) is 15.3. The molecule has 2 N–H and O–H groups in total. The molecule has 0 bridgehead atoms. The predicted octanol–water partition coefficient (Wildman–Crippen LogP) is 10.2. The van der Waals surface area contributed by atoms with Gasteiger partial charge >= 0.3 is 5.97 Å². The average molecular weight is 549 g/mol. The molecule has 2 rings (SSSR count). The molecule has 0 atom stereocenters. The van der Waals surface area contributed by atoms with Crippen molar-refractivity contribution in [2.24, 2.45) is 0 Å². The van der Waals surface area contributed by atoms with Crippen LogP contribution in [0, 0.1) is 0 Å². The van der Waals surface area contributed by atoms with Gasteiger partial charge in [-0.1, -0.05) is 113 Å². The molecule has 0 aromatic heterocycles. The highest BCUT2D eigenvalue weighted by molar-refractivity contribution is 5.92. The van der Waals surface area contributed by atoms with Crippen LogP contribution in [0.2, 0.25) is 0 Å². The van der Waals surface area contributed by atoms with Gasteiger partial charge in [0.15, 0.2) is 0 Å². The molecule has 3 nitrogen and oxygen atoms in total. The van der Waals surface area contributed by atoms with E-state index in [-0.39, 0.29) is 21.7 Å². The molecule has 0 aliphatic heterocycles. The number of hydrogen-bond acceptors (Lipinski definition) is 2. The van der Waals surface area contributed by atoms with Crippen LogP contribution in [0.1, 0.15) is 149 Å². The minimum atomic E-state index is -0.906. The van der Waals surface area contributed by atoms with Crippen molar-refractivity contribution in [2.45, 2.75) is 143 Å². The molecule has 0 unspecified atom stereocenters. The molecule has 0 fully saturated rings. The van der Waals surface area contributed by atoms with E-state index in [9.17, 15) is 15.0 Å². The summed E-state index contributed by atoms with van der Waals surface area (Å²) in [4.78, 5) is 12.5. The molecular formula is C37H56O3. The molecule has 40 heavy (non-hydrogen) atoms. The van der Waals surface area contributed by atoms with Crippen LogP contribution in [0.25, 0.3) is 6.08 Å². The Morgan fingerprint density at radius 3 is 1.68 bits per heavy atom. The molecule has 0 amide bonds. The average Bonchev–Trinajstić information content (AvgIpc) is 2.91. The van der Waals surface area contributed by atoms with E-state index in [0.717, 1.165) is 42.4 Å². The third-order valence-corrected chi connectivity index (χ3v) is 10.1. The number of carbonyl (C=O) groups is 1. The van der Waals surface area contributed by atoms with Gasteiger partial charge in [-0.2, -0.15) is 0 Å². The van der Waals surface area contributed by atoms with Crippen LogP contribution in [0.5, 0.6) is 5.75 Å². The van der Waals surface area contributed by atoms with Gasteiger partial charge in [0.1, 0.15) is 5.75 Å². The quantitative estimate of drug-likeness (QED) is 0.245. The molecule has 0 spiro atoms. The second-order valence-electron chi connectivity index (χ2n) is 14.3. The summed E-state index contributed by atoms with van der Waals surface area (Å²) in [6.45, 7) is 26.5. The van der Waals surface area contributed by atoms with Gasteiger partial charge < -0.3 is 10.2 Å². The number of aryl methyl sites for hydroxylation is 1. The summed E-state index contributed by atoms with van der Waals surface area (Å²) in [5.74, 6) is -0.594. The Balaban J connectivity index is 2.63. The van der Waals surface area contributed by atoms with E-state index >= 15 is 0 Å². The molecule has 0 aliphatic rings. The van der Waals surface area contributed by atoms with Crippen LogP contribution in [-0.2, 0) is 32.9 Å². The van der Waals surface area contributed by atoms with Crippen LogP contribution < -0.4 is 0 Å². The SMILES string of the molecule is CCC(C)(C)c1ccc(/C=C(/CCc2cc(C(C)(C)CC)cc(C(C)(C)CC)c2O)C(=O)O)c(C(C)(C)CC)c1. The van der Waals surface area contributed by atoms with Crippen LogP contribution in [0.15, 0.2) is 35.9 Å². The highest BCUT2D eigenvalue weighted by Crippen LogP contribution is 2.41. The summed E-state index contributed by atoms with van der Waals surface area (Å²) in [6.07, 6.45) is 6.54. The Labute approximate surface area is 245 Å². The van der Waals surface area contributed by atoms with E-state index in [2.05, 4.69) is 113 Å². The molecule has 2 aromatic carbocycles. The van der Waals surface area contributed by atoms with Gasteiger partial charge in [-0.3, -0.25) is 0 Å². The highest BCUT2D eigenvalue weighted by Gasteiger charge is 2.29. The summed E-state index contributed by atoms with van der Waals surface area (Å²) in [5, 5.41) is 21.7. The maximum Gasteiger partial charge on any atom is 0.331 e. The van der Waals surface area contributed by atoms with Crippen LogP contribution in [-0.4, -0.2) is 16.2 Å². The number of carboxylic acids is 1. The van der Waals surface area contributed by atoms with Gasteiger partial charge in [0.05, 0.1) is 0 Å². The van der Waals surface area contributed by atoms with E-state index in [1.807, 2.05) is 6.08 Å². The summed E-state index contributed by atoms with van der Waals surface area (Å²) in [6, 6.07) is 10.8. The van der Waals surface area contributed by atoms with Crippen molar-refractivity contribution in [1.29, 1.82) is 0 Å². The van der Waals surface area contributed by atoms with Crippen molar-refractivity contribution < 1.29 is 15.0 Å². The molecule has 0 radical (unpaired) electrons. The van der Waals surface area contributed by atoms with Gasteiger partial charge in [0.2, 0.25) is 0 Å². The van der Waals surface area contributed by atoms with Crippen molar-refractivity contribution in [2.75, 3.05) is 0 Å². The van der Waals surface area contributed by atoms with E-state index in [1.165, 1.54) is 16.7 Å². The number of rotatable bonds is 13. The number of phenols is 1. The third kappa shape index (κ3) is 7.39. The standard InChI is InChI=1S/C37H56O3/c1-13-34(5,6)28-20-19-25(30(23-28)36(9,10)15-3)21-27(33(39)40)18-17-26-22-29(35(7,8)14-2)24-31(32(26)38)37(11,12)16-4/h19-24,38H,13-18H2,1-12H3,(H,39,40)/b27-21-. The van der Waals surface area contributed by atoms with Gasteiger partial charge in [0, 0.05) is 11.1 Å². The summed E-state index contributed by atoms with van der Waals surface area (Å²) in [7, 11) is 0. The van der Waals surface area contributed by atoms with E-state index in [1.54, 1.807) is 0 Å². The first kappa shape index (κ1) is 33.7. The van der Waals surface area contributed by atoms with Crippen LogP contribution in [0.3, 0.4) is 0 Å². The Bertz CT molecular complexity index is 1220. The number of benzene rings is 2. The summed E-state index contributed by atoms with van der Waals surface area (Å²) >= 11 is 0. The number of phenolic OH excluding ortho intramolecular Hbond substituents is 1. The molecule has 0 saturated heterocycles. The highest BCUT2D eigenvalue weighted by atomic mass is 16.4. The van der Waals surface area contributed by atoms with Crippen molar-refractivity contribution in [3.63, 3.8) is 0 Å². The zero-order valence-corrected chi connectivity index (χ0v) is 27.5. The number of aliphatic carboxylic acids is 1. The Kier molecular flexibility index (Phi) is 10.5. The predicted molar refractivity (Wildman–Crippen MR) is 172 cm³/mol. The lowest BCUT2D eigenvalue weighted by molar-refractivity contribution is -0.132. The monoisotopic (exact) mass is 548 g/mol. The fraction of sp³-hybridized carbons (Fsp3) is 0.595. The maximum atomic E-state index is 12.5. The zero-order valence-electron chi connectivity index (χ0n) is 27.5. The van der Waals surface area contributed by atoms with Crippen LogP contribution >= 0.6 is 0 Å². The number of aromatic hydroxyl groups is 1. The lowest BCUT2D eigenvalue weighted by Crippen LogP contribution is -2.21. The van der Waals surface area contributed by atoms with E-state index < -0.39 is 5.97 Å². The second-order valence-corrected chi connectivity index (χ2v) is 14.3. The fourth-order valence-corrected chi connectivity index (χ4v) is 4.97. The lowest BCUT2D eigenvalue weighted by Gasteiger charge is -2.31. The lowest BCUT2D eigenvalue weighted by atomic mass is 9.74. The molecule has 0 heterocycles. The van der Waals surface area contributed by atoms with Crippen molar-refractivity contribution in [1.82, 2.24) is 0 Å². The smallest absolute Gasteiger partial charge is 0.331 e. The molecular weight excluding hydrogens is 492 g/mol. The largest absolute Gasteiger partial charge is 0.507 e. The minimum Gasteiger partial charge on any atom is -0.507 e. The van der Waals surface area contributed by atoms with Gasteiger partial charge in [0.25, 0.3) is 0 Å². The fourth-order valence-electron chi connectivity index (χ4n) is 4.97. The molecule has 0 aliphatic carbocycles. The maximum absolute atomic E-state index is 12.5. The molecule has 222 valence electrons. The van der Waals surface area contributed by atoms with Gasteiger partial charge in [-0.15, -0.1) is 0 Å². The number of hydrogen-bond donors (Lipinski definition) is 2. The van der Waals surface area contributed by atoms with Crippen molar-refractivity contribution in [3.05, 3.63) is 69.3 Å². The summed E-state index contributed by atoms with van der Waals surface area (Å²) < 4.78 is 0. The summed E-state index contributed by atoms with van der Waals surface area (Å²) in [5.41, 5.74) is 6.53. The van der Waals surface area contributed by atoms with Crippen molar-refractivity contribution in [3.8, 4) is 5.75 Å². The first-order chi connectivity index (χ1) is 18.4. The Morgan fingerprint density at radius 1 is 0.700 bits per heavy atom. The van der Waals surface area contributed by atoms with Gasteiger partial charge in [-0.25, -0.2) is 4.79 Å². The van der Waals surface area contributed by atoms with Gasteiger partial charge in [-0.05, 0) is 94.1 Å². The normalized spacial score (nSPS) is 13.6. The minimum absolute atomic E-state index is 0.0405. The first-order valence-corrected chi connectivity index (χ1v) is 15.3. The van der Waals surface area contributed by atoms with E-state index in [0.29, 0.717) is 24.2 Å². The topological polar surface area (TPSA) is 57.5 Å². The number of carboxylic acid groups (broad SMARTS) is 1. The zero-order chi connectivity index (χ0) is 30.7. The second kappa shape index (κ2) is 12.5. The molecule has 0 saturated carbocycles. The van der Waals surface area contributed by atoms with Crippen LogP contribution in [0.4, 0.5) is 0 Å².